The van der Waals surface area contributed by atoms with E-state index in [9.17, 15) is 24.4 Å². The topological polar surface area (TPSA) is 126 Å². The zero-order chi connectivity index (χ0) is 40.6. The van der Waals surface area contributed by atoms with Crippen LogP contribution in [0.25, 0.3) is 0 Å². The Bertz CT molecular complexity index is 2150. The third-order valence-electron chi connectivity index (χ3n) is 11.8. The summed E-state index contributed by atoms with van der Waals surface area (Å²) in [6, 6.07) is 21.4. The van der Waals surface area contributed by atoms with E-state index in [-0.39, 0.29) is 46.5 Å². The Balaban J connectivity index is 0.931. The molecule has 3 saturated heterocycles. The SMILES string of the molecule is C[C@@H]1CN(CC(=O)Cc2cccc(CC3CCC(=O)NC3=O)c2)[C@H](C)CN1CCOc1ccc(N2C(=S)N(c3ccc(C#N)c(Cl)c3)C(=O)C2(C)C)cc1C1CC1. The van der Waals surface area contributed by atoms with Gasteiger partial charge in [-0.2, -0.15) is 5.26 Å². The Morgan fingerprint density at radius 3 is 2.40 bits per heavy atom. The quantitative estimate of drug-likeness (QED) is 0.158. The van der Waals surface area contributed by atoms with Crippen LogP contribution in [0.4, 0.5) is 11.4 Å². The molecule has 57 heavy (non-hydrogen) atoms. The number of ether oxygens (including phenoxy) is 1. The summed E-state index contributed by atoms with van der Waals surface area (Å²) in [5.41, 5.74) is 3.78. The predicted octanol–water partition coefficient (Wildman–Crippen LogP) is 6.19. The molecule has 3 aliphatic heterocycles. The highest BCUT2D eigenvalue weighted by molar-refractivity contribution is 7.81. The summed E-state index contributed by atoms with van der Waals surface area (Å²) in [5, 5.41) is 12.4. The fraction of sp³-hybridized carbons (Fsp3) is 0.455. The molecule has 0 aromatic heterocycles. The number of hydrogen-bond donors (Lipinski definition) is 1. The van der Waals surface area contributed by atoms with E-state index in [1.807, 2.05) is 55.1 Å². The zero-order valence-electron chi connectivity index (χ0n) is 32.9. The van der Waals surface area contributed by atoms with Gasteiger partial charge in [-0.15, -0.1) is 0 Å². The highest BCUT2D eigenvalue weighted by Crippen LogP contribution is 2.47. The number of benzene rings is 3. The maximum absolute atomic E-state index is 13.8. The standard InChI is InChI=1S/C44H49ClN6O5S/c1-27-25-49(26-36(52)20-30-7-5-6-29(18-30)19-32-11-15-40(53)47-41(32)54)28(2)24-48(27)16-17-56-39-14-13-35(21-37(39)31-8-9-31)51-43(57)50(42(55)44(51,3)4)34-12-10-33(23-46)38(45)22-34/h5-7,10,12-14,18,21-22,27-28,31-32H,8-9,11,15-17,19-20,24-26H2,1-4H3,(H,47,53,54)/t27-,28-,32?/m1/s1. The molecule has 11 nitrogen and oxygen atoms in total. The summed E-state index contributed by atoms with van der Waals surface area (Å²) >= 11 is 12.2. The molecule has 0 spiro atoms. The van der Waals surface area contributed by atoms with Crippen molar-refractivity contribution in [2.75, 3.05) is 42.6 Å². The van der Waals surface area contributed by atoms with Gasteiger partial charge in [-0.05, 0) is 125 Å². The zero-order valence-corrected chi connectivity index (χ0v) is 34.5. The van der Waals surface area contributed by atoms with Crippen molar-refractivity contribution in [2.45, 2.75) is 89.8 Å². The molecule has 1 N–H and O–H groups in total. The Labute approximate surface area is 344 Å². The lowest BCUT2D eigenvalue weighted by Gasteiger charge is -2.43. The number of nitrogens with zero attached hydrogens (tertiary/aromatic N) is 5. The molecule has 3 atom stereocenters. The average molecular weight is 809 g/mol. The number of piperidine rings is 1. The van der Waals surface area contributed by atoms with Crippen LogP contribution in [0.2, 0.25) is 5.02 Å². The van der Waals surface area contributed by atoms with Gasteiger partial charge in [0.25, 0.3) is 5.91 Å². The van der Waals surface area contributed by atoms with Crippen molar-refractivity contribution >= 4 is 63.8 Å². The van der Waals surface area contributed by atoms with Gasteiger partial charge in [0.1, 0.15) is 24.0 Å². The second kappa shape index (κ2) is 16.7. The summed E-state index contributed by atoms with van der Waals surface area (Å²) in [6.07, 6.45) is 3.95. The molecular weight excluding hydrogens is 760 g/mol. The molecule has 3 amide bonds. The van der Waals surface area contributed by atoms with Crippen LogP contribution in [0.3, 0.4) is 0 Å². The number of hydrogen-bond acceptors (Lipinski definition) is 9. The largest absolute Gasteiger partial charge is 0.492 e. The molecule has 1 aliphatic carbocycles. The van der Waals surface area contributed by atoms with E-state index in [2.05, 4.69) is 41.1 Å². The lowest BCUT2D eigenvalue weighted by molar-refractivity contribution is -0.136. The normalized spacial score (nSPS) is 22.8. The van der Waals surface area contributed by atoms with Gasteiger partial charge in [-0.25, -0.2) is 0 Å². The van der Waals surface area contributed by atoms with Crippen molar-refractivity contribution in [3.63, 3.8) is 0 Å². The van der Waals surface area contributed by atoms with Crippen molar-refractivity contribution in [3.8, 4) is 11.8 Å². The Morgan fingerprint density at radius 1 is 0.965 bits per heavy atom. The van der Waals surface area contributed by atoms with Crippen molar-refractivity contribution in [1.82, 2.24) is 15.1 Å². The van der Waals surface area contributed by atoms with Crippen LogP contribution >= 0.6 is 23.8 Å². The lowest BCUT2D eigenvalue weighted by atomic mass is 9.90. The second-order valence-electron chi connectivity index (χ2n) is 16.4. The molecule has 4 fully saturated rings. The molecule has 298 valence electrons. The van der Waals surface area contributed by atoms with Crippen molar-refractivity contribution in [2.24, 2.45) is 5.92 Å². The van der Waals surface area contributed by atoms with Crippen LogP contribution in [0.1, 0.15) is 81.5 Å². The number of thiocarbonyl (C=S) groups is 1. The van der Waals surface area contributed by atoms with E-state index < -0.39 is 5.54 Å². The first-order chi connectivity index (χ1) is 27.2. The molecule has 3 aromatic rings. The first-order valence-electron chi connectivity index (χ1n) is 19.8. The highest BCUT2D eigenvalue weighted by atomic mass is 35.5. The van der Waals surface area contributed by atoms with Gasteiger partial charge in [-0.1, -0.05) is 35.9 Å². The number of ketones is 1. The molecule has 1 saturated carbocycles. The van der Waals surface area contributed by atoms with Crippen LogP contribution in [-0.4, -0.2) is 88.8 Å². The number of carbonyl (C=O) groups excluding carboxylic acids is 4. The summed E-state index contributed by atoms with van der Waals surface area (Å²) in [4.78, 5) is 59.0. The summed E-state index contributed by atoms with van der Waals surface area (Å²) in [6.45, 7) is 11.3. The smallest absolute Gasteiger partial charge is 0.259 e. The second-order valence-corrected chi connectivity index (χ2v) is 17.2. The van der Waals surface area contributed by atoms with E-state index in [1.165, 1.54) is 4.90 Å². The van der Waals surface area contributed by atoms with Crippen LogP contribution in [0.15, 0.2) is 60.7 Å². The summed E-state index contributed by atoms with van der Waals surface area (Å²) < 4.78 is 6.48. The minimum atomic E-state index is -0.954. The number of carbonyl (C=O) groups is 4. The molecular formula is C44H49ClN6O5S. The van der Waals surface area contributed by atoms with Gasteiger partial charge in [0.05, 0.1) is 22.8 Å². The van der Waals surface area contributed by atoms with Gasteiger partial charge < -0.3 is 9.64 Å². The van der Waals surface area contributed by atoms with Crippen molar-refractivity contribution in [1.29, 1.82) is 5.26 Å². The monoisotopic (exact) mass is 808 g/mol. The van der Waals surface area contributed by atoms with E-state index >= 15 is 0 Å². The lowest BCUT2D eigenvalue weighted by Crippen LogP contribution is -2.58. The number of amides is 3. The van der Waals surface area contributed by atoms with E-state index in [4.69, 9.17) is 28.6 Å². The average Bonchev–Trinajstić information content (AvgIpc) is 3.99. The number of imide groups is 1. The Morgan fingerprint density at radius 2 is 1.68 bits per heavy atom. The predicted molar refractivity (Wildman–Crippen MR) is 224 cm³/mol. The number of halogens is 1. The highest BCUT2D eigenvalue weighted by Gasteiger charge is 2.50. The fourth-order valence-electron chi connectivity index (χ4n) is 8.38. The van der Waals surface area contributed by atoms with Crippen LogP contribution in [0, 0.1) is 17.2 Å². The Kier molecular flexibility index (Phi) is 11.8. The minimum absolute atomic E-state index is 0.161. The van der Waals surface area contributed by atoms with Gasteiger partial charge in [0, 0.05) is 56.2 Å². The summed E-state index contributed by atoms with van der Waals surface area (Å²) in [5.74, 6) is 0.557. The first kappa shape index (κ1) is 40.5. The molecule has 0 radical (unpaired) electrons. The third kappa shape index (κ3) is 8.77. The van der Waals surface area contributed by atoms with E-state index in [1.54, 1.807) is 18.2 Å². The maximum atomic E-state index is 13.8. The van der Waals surface area contributed by atoms with E-state index in [0.717, 1.165) is 60.6 Å². The molecule has 3 heterocycles. The van der Waals surface area contributed by atoms with Gasteiger partial charge in [0.2, 0.25) is 11.8 Å². The molecule has 3 aromatic carbocycles. The number of Topliss-reactive ketones (excluding diaryl/α,β-unsaturated/α-hetero) is 1. The fourth-order valence-corrected chi connectivity index (χ4v) is 9.12. The number of nitrogens with one attached hydrogen (secondary N) is 1. The maximum Gasteiger partial charge on any atom is 0.259 e. The third-order valence-corrected chi connectivity index (χ3v) is 12.4. The molecule has 4 aliphatic rings. The van der Waals surface area contributed by atoms with Gasteiger partial charge in [-0.3, -0.25) is 39.2 Å². The van der Waals surface area contributed by atoms with Crippen LogP contribution in [0.5, 0.6) is 5.75 Å². The molecule has 7 rings (SSSR count). The van der Waals surface area contributed by atoms with Gasteiger partial charge in [0.15, 0.2) is 10.9 Å². The molecule has 0 bridgehead atoms. The van der Waals surface area contributed by atoms with Crippen molar-refractivity contribution < 1.29 is 23.9 Å². The van der Waals surface area contributed by atoms with Crippen LogP contribution in [-0.2, 0) is 32.0 Å². The summed E-state index contributed by atoms with van der Waals surface area (Å²) in [7, 11) is 0. The van der Waals surface area contributed by atoms with Crippen molar-refractivity contribution in [3.05, 3.63) is 87.9 Å². The number of piperazine rings is 1. The van der Waals surface area contributed by atoms with Gasteiger partial charge >= 0.3 is 0 Å². The number of rotatable bonds is 13. The minimum Gasteiger partial charge on any atom is -0.492 e. The van der Waals surface area contributed by atoms with Crippen LogP contribution < -0.4 is 19.9 Å². The number of nitriles is 1. The first-order valence-corrected chi connectivity index (χ1v) is 20.6. The van der Waals surface area contributed by atoms with E-state index in [0.29, 0.717) is 61.1 Å². The Hall–Kier alpha value is -4.67. The number of anilines is 2. The molecule has 1 unspecified atom stereocenters. The molecule has 13 heteroatoms.